The Hall–Kier alpha value is -3.53. The number of carbonyl (C=O) groups excluding carboxylic acids is 1. The molecule has 4 heteroatoms. The minimum Gasteiger partial charge on any atom is -0.489 e. The van der Waals surface area contributed by atoms with E-state index in [1.807, 2.05) is 36.4 Å². The molecule has 0 radical (unpaired) electrons. The van der Waals surface area contributed by atoms with Crippen molar-refractivity contribution in [2.24, 2.45) is 5.41 Å². The molecular weight excluding hydrogens is 408 g/mol. The normalized spacial score (nSPS) is 19.0. The Labute approximate surface area is 195 Å². The Morgan fingerprint density at radius 1 is 0.939 bits per heavy atom. The van der Waals surface area contributed by atoms with Crippen molar-refractivity contribution >= 4 is 17.2 Å². The molecule has 1 aliphatic heterocycles. The Morgan fingerprint density at radius 2 is 1.67 bits per heavy atom. The van der Waals surface area contributed by atoms with Gasteiger partial charge in [0.25, 0.3) is 0 Å². The van der Waals surface area contributed by atoms with E-state index in [0.717, 1.165) is 51.5 Å². The van der Waals surface area contributed by atoms with E-state index in [4.69, 9.17) is 4.74 Å². The second-order valence-electron chi connectivity index (χ2n) is 9.88. The lowest BCUT2D eigenvalue weighted by Gasteiger charge is -2.34. The molecule has 1 heterocycles. The minimum absolute atomic E-state index is 0.0577. The van der Waals surface area contributed by atoms with E-state index in [1.54, 1.807) is 0 Å². The molecule has 0 aromatic heterocycles. The topological polar surface area (TPSA) is 50.4 Å². The number of hydrogen-bond donors (Lipinski definition) is 2. The molecule has 4 nitrogen and oxygen atoms in total. The highest BCUT2D eigenvalue weighted by Gasteiger charge is 2.38. The summed E-state index contributed by atoms with van der Waals surface area (Å²) in [6.07, 6.45) is 1.40. The zero-order valence-electron chi connectivity index (χ0n) is 19.4. The van der Waals surface area contributed by atoms with Crippen molar-refractivity contribution < 1.29 is 9.53 Å². The van der Waals surface area contributed by atoms with Gasteiger partial charge < -0.3 is 15.4 Å². The van der Waals surface area contributed by atoms with Gasteiger partial charge in [-0.1, -0.05) is 62.4 Å². The summed E-state index contributed by atoms with van der Waals surface area (Å²) in [7, 11) is 0. The first-order valence-electron chi connectivity index (χ1n) is 11.6. The molecule has 1 unspecified atom stereocenters. The van der Waals surface area contributed by atoms with Crippen LogP contribution in [-0.4, -0.2) is 5.78 Å². The van der Waals surface area contributed by atoms with Crippen LogP contribution in [0.15, 0.2) is 84.1 Å². The average molecular weight is 439 g/mol. The molecular formula is C29H30N2O2. The smallest absolute Gasteiger partial charge is 0.163 e. The predicted molar refractivity (Wildman–Crippen MR) is 133 cm³/mol. The van der Waals surface area contributed by atoms with Gasteiger partial charge in [0, 0.05) is 17.7 Å². The van der Waals surface area contributed by atoms with Gasteiger partial charge in [0.15, 0.2) is 5.78 Å². The maximum Gasteiger partial charge on any atom is 0.163 e. The predicted octanol–water partition coefficient (Wildman–Crippen LogP) is 6.80. The fraction of sp³-hybridized carbons (Fsp3) is 0.276. The summed E-state index contributed by atoms with van der Waals surface area (Å²) in [5.41, 5.74) is 7.10. The molecule has 1 atom stereocenters. The van der Waals surface area contributed by atoms with Crippen LogP contribution in [0.3, 0.4) is 0 Å². The lowest BCUT2D eigenvalue weighted by atomic mass is 9.73. The summed E-state index contributed by atoms with van der Waals surface area (Å²) in [6.45, 7) is 6.92. The van der Waals surface area contributed by atoms with E-state index < -0.39 is 0 Å². The van der Waals surface area contributed by atoms with Crippen LogP contribution in [0.2, 0.25) is 0 Å². The van der Waals surface area contributed by atoms with E-state index in [0.29, 0.717) is 13.0 Å². The number of anilines is 2. The van der Waals surface area contributed by atoms with Gasteiger partial charge in [-0.2, -0.15) is 0 Å². The molecule has 5 rings (SSSR count). The summed E-state index contributed by atoms with van der Waals surface area (Å²) < 4.78 is 6.09. The van der Waals surface area contributed by atoms with Crippen LogP contribution in [0.25, 0.3) is 0 Å². The lowest BCUT2D eigenvalue weighted by molar-refractivity contribution is -0.118. The molecule has 2 N–H and O–H groups in total. The fourth-order valence-electron chi connectivity index (χ4n) is 4.89. The quantitative estimate of drug-likeness (QED) is 0.470. The highest BCUT2D eigenvalue weighted by Crippen LogP contribution is 2.45. The zero-order valence-corrected chi connectivity index (χ0v) is 19.4. The number of Topliss-reactive ketones (excluding diaryl/α,β-unsaturated/α-hetero) is 1. The highest BCUT2D eigenvalue weighted by atomic mass is 16.5. The van der Waals surface area contributed by atoms with Crippen LogP contribution in [-0.2, 0) is 11.4 Å². The van der Waals surface area contributed by atoms with Crippen LogP contribution in [0, 0.1) is 12.3 Å². The molecule has 0 spiro atoms. The first-order valence-corrected chi connectivity index (χ1v) is 11.6. The minimum atomic E-state index is -0.207. The second kappa shape index (κ2) is 8.43. The third kappa shape index (κ3) is 4.38. The first-order chi connectivity index (χ1) is 15.9. The molecule has 0 saturated carbocycles. The van der Waals surface area contributed by atoms with Crippen LogP contribution in [0.1, 0.15) is 49.4 Å². The number of aryl methyl sites for hydroxylation is 1. The monoisotopic (exact) mass is 438 g/mol. The van der Waals surface area contributed by atoms with Crippen LogP contribution in [0.4, 0.5) is 11.4 Å². The molecule has 33 heavy (non-hydrogen) atoms. The van der Waals surface area contributed by atoms with Crippen molar-refractivity contribution in [2.45, 2.75) is 46.3 Å². The number of para-hydroxylation sites is 2. The summed E-state index contributed by atoms with van der Waals surface area (Å²) in [5, 5.41) is 7.24. The molecule has 3 aromatic carbocycles. The fourth-order valence-corrected chi connectivity index (χ4v) is 4.89. The highest BCUT2D eigenvalue weighted by molar-refractivity contribution is 6.01. The van der Waals surface area contributed by atoms with Gasteiger partial charge in [0.1, 0.15) is 12.4 Å². The number of nitrogens with one attached hydrogen (secondary N) is 2. The van der Waals surface area contributed by atoms with Gasteiger partial charge in [0.05, 0.1) is 17.4 Å². The summed E-state index contributed by atoms with van der Waals surface area (Å²) >= 11 is 0. The summed E-state index contributed by atoms with van der Waals surface area (Å²) in [6, 6.07) is 24.4. The molecule has 168 valence electrons. The Morgan fingerprint density at radius 3 is 2.42 bits per heavy atom. The van der Waals surface area contributed by atoms with Crippen LogP contribution >= 0.6 is 0 Å². The molecule has 1 aliphatic carbocycles. The Kier molecular flexibility index (Phi) is 5.45. The third-order valence-corrected chi connectivity index (χ3v) is 6.49. The molecule has 3 aromatic rings. The van der Waals surface area contributed by atoms with E-state index in [2.05, 4.69) is 67.8 Å². The molecule has 0 fully saturated rings. The summed E-state index contributed by atoms with van der Waals surface area (Å²) in [4.78, 5) is 13.4. The second-order valence-corrected chi connectivity index (χ2v) is 9.88. The lowest BCUT2D eigenvalue weighted by Crippen LogP contribution is -2.31. The van der Waals surface area contributed by atoms with Crippen molar-refractivity contribution in [2.75, 3.05) is 10.6 Å². The number of hydrogen-bond acceptors (Lipinski definition) is 4. The number of benzene rings is 3. The van der Waals surface area contributed by atoms with Crippen molar-refractivity contribution in [3.05, 3.63) is 101 Å². The van der Waals surface area contributed by atoms with Crippen molar-refractivity contribution in [3.63, 3.8) is 0 Å². The maximum atomic E-state index is 13.4. The molecule has 2 aliphatic rings. The molecule has 0 saturated heterocycles. The van der Waals surface area contributed by atoms with Gasteiger partial charge in [0.2, 0.25) is 0 Å². The number of ketones is 1. The van der Waals surface area contributed by atoms with Crippen molar-refractivity contribution in [3.8, 4) is 5.75 Å². The standard InChI is InChI=1S/C29H30N2O2/c1-19-15-21(13-14-26(19)33-18-20-9-5-4-6-10-20)28-27-24(16-29(2,3)17-25(27)32)30-22-11-7-8-12-23(22)31-28/h4-15,28,30-31H,16-18H2,1-3H3. The third-order valence-electron chi connectivity index (χ3n) is 6.49. The largest absolute Gasteiger partial charge is 0.489 e. The van der Waals surface area contributed by atoms with Gasteiger partial charge in [-0.15, -0.1) is 0 Å². The SMILES string of the molecule is Cc1cc(C2Nc3ccccc3NC3=C2C(=O)CC(C)(C)C3)ccc1OCc1ccccc1. The van der Waals surface area contributed by atoms with Gasteiger partial charge in [-0.25, -0.2) is 0 Å². The van der Waals surface area contributed by atoms with Gasteiger partial charge in [-0.3, -0.25) is 4.79 Å². The molecule has 0 amide bonds. The summed E-state index contributed by atoms with van der Waals surface area (Å²) in [5.74, 6) is 1.07. The van der Waals surface area contributed by atoms with Crippen LogP contribution in [0.5, 0.6) is 5.75 Å². The van der Waals surface area contributed by atoms with E-state index in [9.17, 15) is 4.79 Å². The first kappa shape index (κ1) is 21.3. The van der Waals surface area contributed by atoms with E-state index in [-0.39, 0.29) is 17.2 Å². The van der Waals surface area contributed by atoms with E-state index >= 15 is 0 Å². The number of allylic oxidation sites excluding steroid dienone is 1. The van der Waals surface area contributed by atoms with E-state index in [1.165, 1.54) is 0 Å². The van der Waals surface area contributed by atoms with Gasteiger partial charge in [-0.05, 0) is 59.7 Å². The molecule has 0 bridgehead atoms. The maximum absolute atomic E-state index is 13.4. The zero-order chi connectivity index (χ0) is 23.0. The average Bonchev–Trinajstić information content (AvgIpc) is 2.94. The number of carbonyl (C=O) groups is 1. The van der Waals surface area contributed by atoms with Crippen LogP contribution < -0.4 is 15.4 Å². The number of rotatable bonds is 4. The van der Waals surface area contributed by atoms with Crippen molar-refractivity contribution in [1.29, 1.82) is 0 Å². The Balaban J connectivity index is 1.50. The number of ether oxygens (including phenoxy) is 1. The Bertz CT molecular complexity index is 1230. The van der Waals surface area contributed by atoms with Gasteiger partial charge >= 0.3 is 0 Å². The van der Waals surface area contributed by atoms with Crippen molar-refractivity contribution in [1.82, 2.24) is 0 Å². The number of fused-ring (bicyclic) bond motifs is 1.